The number of benzene rings is 2. The van der Waals surface area contributed by atoms with Crippen molar-refractivity contribution in [2.75, 3.05) is 11.4 Å². The fourth-order valence-corrected chi connectivity index (χ4v) is 4.84. The van der Waals surface area contributed by atoms with E-state index in [2.05, 4.69) is 91.8 Å². The smallest absolute Gasteiger partial charge is 0.196 e. The van der Waals surface area contributed by atoms with E-state index in [1.807, 2.05) is 0 Å². The molecule has 2 aromatic rings. The third kappa shape index (κ3) is 5.47. The Morgan fingerprint density at radius 1 is 1.18 bits per heavy atom. The van der Waals surface area contributed by atoms with Crippen LogP contribution in [0, 0.1) is 5.92 Å². The van der Waals surface area contributed by atoms with E-state index < -0.39 is 0 Å². The van der Waals surface area contributed by atoms with Gasteiger partial charge in [-0.15, -0.1) is 0 Å². The lowest BCUT2D eigenvalue weighted by molar-refractivity contribution is 0.513. The molecule has 0 radical (unpaired) electrons. The fraction of sp³-hybridized carbons (Fsp3) is 0.429. The van der Waals surface area contributed by atoms with Crippen LogP contribution in [-0.2, 0) is 6.42 Å². The van der Waals surface area contributed by atoms with Crippen LogP contribution in [0.25, 0.3) is 11.1 Å². The molecule has 2 N–H and O–H groups in total. The van der Waals surface area contributed by atoms with Gasteiger partial charge in [0.05, 0.1) is 16.4 Å². The summed E-state index contributed by atoms with van der Waals surface area (Å²) in [5.41, 5.74) is 8.36. The van der Waals surface area contributed by atoms with Crippen LogP contribution in [0.2, 0.25) is 0 Å². The highest BCUT2D eigenvalue weighted by Gasteiger charge is 2.28. The van der Waals surface area contributed by atoms with Crippen molar-refractivity contribution in [2.24, 2.45) is 10.9 Å². The van der Waals surface area contributed by atoms with Gasteiger partial charge in [-0.3, -0.25) is 0 Å². The second-order valence-corrected chi connectivity index (χ2v) is 9.83. The molecule has 2 atom stereocenters. The lowest BCUT2D eigenvalue weighted by Gasteiger charge is -2.39. The number of hydrogen-bond acceptors (Lipinski definition) is 4. The number of allylic oxidation sites excluding steroid dienone is 2. The lowest BCUT2D eigenvalue weighted by atomic mass is 9.96. The summed E-state index contributed by atoms with van der Waals surface area (Å²) in [6.45, 7) is 9.72. The molecule has 2 aromatic carbocycles. The molecule has 2 aliphatic rings. The number of nitrogens with zero attached hydrogens (tertiary/aromatic N) is 2. The first-order valence-electron chi connectivity index (χ1n) is 12.2. The van der Waals surface area contributed by atoms with Gasteiger partial charge in [0.15, 0.2) is 6.29 Å². The van der Waals surface area contributed by atoms with E-state index in [-0.39, 0.29) is 6.29 Å². The zero-order valence-electron chi connectivity index (χ0n) is 20.3. The van der Waals surface area contributed by atoms with Crippen molar-refractivity contribution in [3.05, 3.63) is 65.5 Å². The molecule has 0 saturated heterocycles. The van der Waals surface area contributed by atoms with E-state index in [1.54, 1.807) is 0 Å². The molecular formula is C28H36N4S. The van der Waals surface area contributed by atoms with Gasteiger partial charge in [-0.05, 0) is 74.3 Å². The highest BCUT2D eigenvalue weighted by atomic mass is 32.1. The largest absolute Gasteiger partial charge is 0.349 e. The molecule has 0 spiro atoms. The molecule has 5 heteroatoms. The first-order valence-corrected chi connectivity index (χ1v) is 12.6. The van der Waals surface area contributed by atoms with E-state index in [1.165, 1.54) is 28.8 Å². The number of anilines is 1. The standard InChI is InChI=1S/C28H36N4S/c1-5-19(2)13-16-26(33)31-27-20(3)29-28(30-21(27)4)32-17-9-12-24-18-23(14-15-25(24)32)22-10-7-6-8-11-22/h6-8,10-11,14-15,18-19,28-29H,5,9,12-13,16-17H2,1-4H3,(H,31,33). The Morgan fingerprint density at radius 3 is 2.70 bits per heavy atom. The lowest BCUT2D eigenvalue weighted by Crippen LogP contribution is -2.50. The summed E-state index contributed by atoms with van der Waals surface area (Å²) in [5.74, 6) is 0.699. The van der Waals surface area contributed by atoms with Crippen LogP contribution in [0.4, 0.5) is 5.69 Å². The van der Waals surface area contributed by atoms with Gasteiger partial charge >= 0.3 is 0 Å². The highest BCUT2D eigenvalue weighted by Crippen LogP contribution is 2.33. The van der Waals surface area contributed by atoms with Crippen molar-refractivity contribution in [3.63, 3.8) is 0 Å². The summed E-state index contributed by atoms with van der Waals surface area (Å²) in [5, 5.41) is 7.10. The van der Waals surface area contributed by atoms with Crippen molar-refractivity contribution in [1.29, 1.82) is 0 Å². The minimum absolute atomic E-state index is 0.0918. The molecule has 4 nitrogen and oxygen atoms in total. The number of nitrogens with one attached hydrogen (secondary N) is 2. The van der Waals surface area contributed by atoms with Gasteiger partial charge in [-0.25, -0.2) is 4.99 Å². The molecule has 0 aromatic heterocycles. The zero-order chi connectivity index (χ0) is 23.4. The number of hydrogen-bond donors (Lipinski definition) is 2. The maximum Gasteiger partial charge on any atom is 0.196 e. The minimum atomic E-state index is -0.0918. The fourth-order valence-electron chi connectivity index (χ4n) is 4.62. The first kappa shape index (κ1) is 23.5. The van der Waals surface area contributed by atoms with Gasteiger partial charge < -0.3 is 15.5 Å². The van der Waals surface area contributed by atoms with Crippen molar-refractivity contribution in [1.82, 2.24) is 10.6 Å². The molecular weight excluding hydrogens is 424 g/mol. The summed E-state index contributed by atoms with van der Waals surface area (Å²) in [6, 6.07) is 17.5. The second-order valence-electron chi connectivity index (χ2n) is 9.34. The summed E-state index contributed by atoms with van der Waals surface area (Å²) in [7, 11) is 0. The number of thiocarbonyl (C=S) groups is 1. The third-order valence-corrected chi connectivity index (χ3v) is 7.17. The van der Waals surface area contributed by atoms with Gasteiger partial charge in [0.25, 0.3) is 0 Å². The van der Waals surface area contributed by atoms with Crippen molar-refractivity contribution in [3.8, 4) is 11.1 Å². The Kier molecular flexibility index (Phi) is 7.49. The Morgan fingerprint density at radius 2 is 1.97 bits per heavy atom. The SMILES string of the molecule is CCC(C)CCC(=S)NC1=C(C)NC(N2CCCc3cc(-c4ccccc4)ccc32)N=C1C. The summed E-state index contributed by atoms with van der Waals surface area (Å²) >= 11 is 5.63. The topological polar surface area (TPSA) is 39.7 Å². The van der Waals surface area contributed by atoms with E-state index in [4.69, 9.17) is 17.2 Å². The number of rotatable bonds is 7. The molecule has 174 valence electrons. The molecule has 4 rings (SSSR count). The van der Waals surface area contributed by atoms with Crippen LogP contribution in [-0.4, -0.2) is 23.5 Å². The number of aliphatic imine (C=N–C) groups is 1. The summed E-state index contributed by atoms with van der Waals surface area (Å²) in [6.07, 6.45) is 5.38. The van der Waals surface area contributed by atoms with E-state index >= 15 is 0 Å². The number of fused-ring (bicyclic) bond motifs is 1. The maximum absolute atomic E-state index is 5.63. The molecule has 0 aliphatic carbocycles. The first-order chi connectivity index (χ1) is 16.0. The highest BCUT2D eigenvalue weighted by molar-refractivity contribution is 7.80. The Hall–Kier alpha value is -2.66. The zero-order valence-corrected chi connectivity index (χ0v) is 21.1. The van der Waals surface area contributed by atoms with Crippen LogP contribution < -0.4 is 15.5 Å². The third-order valence-electron chi connectivity index (χ3n) is 6.86. The van der Waals surface area contributed by atoms with E-state index in [9.17, 15) is 0 Å². The monoisotopic (exact) mass is 460 g/mol. The van der Waals surface area contributed by atoms with Crippen LogP contribution in [0.15, 0.2) is 64.9 Å². The molecule has 2 heterocycles. The minimum Gasteiger partial charge on any atom is -0.349 e. The molecule has 0 saturated carbocycles. The van der Waals surface area contributed by atoms with Gasteiger partial charge in [0.2, 0.25) is 0 Å². The molecule has 0 amide bonds. The van der Waals surface area contributed by atoms with Gasteiger partial charge in [0, 0.05) is 17.9 Å². The van der Waals surface area contributed by atoms with Gasteiger partial charge in [0.1, 0.15) is 0 Å². The average Bonchev–Trinajstić information content (AvgIpc) is 2.84. The summed E-state index contributed by atoms with van der Waals surface area (Å²) in [4.78, 5) is 8.33. The van der Waals surface area contributed by atoms with Gasteiger partial charge in [-0.1, -0.05) is 68.9 Å². The van der Waals surface area contributed by atoms with Crippen molar-refractivity contribution >= 4 is 28.6 Å². The second kappa shape index (κ2) is 10.5. The maximum atomic E-state index is 5.63. The van der Waals surface area contributed by atoms with Gasteiger partial charge in [-0.2, -0.15) is 0 Å². The number of aryl methyl sites for hydroxylation is 1. The van der Waals surface area contributed by atoms with Crippen LogP contribution in [0.3, 0.4) is 0 Å². The normalized spacial score (nSPS) is 18.8. The average molecular weight is 461 g/mol. The molecule has 2 aliphatic heterocycles. The van der Waals surface area contributed by atoms with E-state index in [0.717, 1.165) is 54.3 Å². The summed E-state index contributed by atoms with van der Waals surface area (Å²) < 4.78 is 0. The van der Waals surface area contributed by atoms with Crippen LogP contribution in [0.5, 0.6) is 0 Å². The molecule has 2 unspecified atom stereocenters. The molecule has 33 heavy (non-hydrogen) atoms. The Labute approximate surface area is 204 Å². The van der Waals surface area contributed by atoms with Crippen molar-refractivity contribution in [2.45, 2.75) is 66.1 Å². The molecule has 0 fully saturated rings. The van der Waals surface area contributed by atoms with Crippen LogP contribution in [0.1, 0.15) is 58.9 Å². The quantitative estimate of drug-likeness (QED) is 0.467. The van der Waals surface area contributed by atoms with Crippen molar-refractivity contribution < 1.29 is 0 Å². The van der Waals surface area contributed by atoms with E-state index in [0.29, 0.717) is 5.92 Å². The predicted octanol–water partition coefficient (Wildman–Crippen LogP) is 6.43. The van der Waals surface area contributed by atoms with Crippen LogP contribution >= 0.6 is 12.2 Å². The Bertz CT molecular complexity index is 1060. The Balaban J connectivity index is 1.49. The molecule has 0 bridgehead atoms. The predicted molar refractivity (Wildman–Crippen MR) is 145 cm³/mol.